The summed E-state index contributed by atoms with van der Waals surface area (Å²) in [5.74, 6) is -0.303. The van der Waals surface area contributed by atoms with Gasteiger partial charge in [0.2, 0.25) is 0 Å². The lowest BCUT2D eigenvalue weighted by molar-refractivity contribution is 0.102. The van der Waals surface area contributed by atoms with Gasteiger partial charge in [0.05, 0.1) is 11.4 Å². The largest absolute Gasteiger partial charge is 0.348 e. The normalized spacial score (nSPS) is 10.1. The number of H-pyrrole nitrogens is 1. The van der Waals surface area contributed by atoms with Gasteiger partial charge in [0, 0.05) is 5.38 Å². The third kappa shape index (κ3) is 2.17. The zero-order chi connectivity index (χ0) is 11.5. The fourth-order valence-electron chi connectivity index (χ4n) is 1.19. The Hall–Kier alpha value is -1.95. The summed E-state index contributed by atoms with van der Waals surface area (Å²) in [7, 11) is 0. The Morgan fingerprint density at radius 1 is 1.56 bits per heavy atom. The van der Waals surface area contributed by atoms with Crippen LogP contribution in [0.25, 0.3) is 0 Å². The van der Waals surface area contributed by atoms with E-state index in [9.17, 15) is 9.59 Å². The van der Waals surface area contributed by atoms with Crippen molar-refractivity contribution >= 4 is 28.7 Å². The molecule has 0 aliphatic rings. The number of rotatable bonds is 3. The van der Waals surface area contributed by atoms with E-state index in [1.54, 1.807) is 12.1 Å². The molecule has 0 spiro atoms. The summed E-state index contributed by atoms with van der Waals surface area (Å²) < 4.78 is 0. The van der Waals surface area contributed by atoms with E-state index in [4.69, 9.17) is 0 Å². The van der Waals surface area contributed by atoms with Gasteiger partial charge in [-0.2, -0.15) is 0 Å². The highest BCUT2D eigenvalue weighted by Gasteiger charge is 2.09. The van der Waals surface area contributed by atoms with Crippen molar-refractivity contribution < 1.29 is 9.59 Å². The van der Waals surface area contributed by atoms with Crippen molar-refractivity contribution in [3.63, 3.8) is 0 Å². The molecule has 16 heavy (non-hydrogen) atoms. The third-order valence-electron chi connectivity index (χ3n) is 1.92. The van der Waals surface area contributed by atoms with E-state index < -0.39 is 0 Å². The number of aromatic nitrogens is 2. The van der Waals surface area contributed by atoms with Gasteiger partial charge in [-0.3, -0.25) is 14.9 Å². The maximum Gasteiger partial charge on any atom is 0.273 e. The number of nitrogens with zero attached hydrogens (tertiary/aromatic N) is 1. The minimum absolute atomic E-state index is 0.303. The van der Waals surface area contributed by atoms with Gasteiger partial charge < -0.3 is 4.98 Å². The maximum atomic E-state index is 11.7. The molecule has 1 amide bonds. The van der Waals surface area contributed by atoms with Crippen LogP contribution in [0.2, 0.25) is 0 Å². The highest BCUT2D eigenvalue weighted by Crippen LogP contribution is 2.15. The van der Waals surface area contributed by atoms with Crippen molar-refractivity contribution in [2.45, 2.75) is 6.92 Å². The average molecular weight is 235 g/mol. The average Bonchev–Trinajstić information content (AvgIpc) is 2.87. The number of hydrogen-bond donors (Lipinski definition) is 2. The quantitative estimate of drug-likeness (QED) is 0.797. The Balaban J connectivity index is 2.11. The first-order valence-corrected chi connectivity index (χ1v) is 5.44. The Kier molecular flexibility index (Phi) is 2.82. The number of carbonyl (C=O) groups is 2. The fourth-order valence-corrected chi connectivity index (χ4v) is 1.87. The van der Waals surface area contributed by atoms with E-state index >= 15 is 0 Å². The summed E-state index contributed by atoms with van der Waals surface area (Å²) in [5, 5.41) is 5.03. The molecule has 2 heterocycles. The van der Waals surface area contributed by atoms with Gasteiger partial charge in [0.1, 0.15) is 5.69 Å². The number of aldehydes is 1. The number of carbonyl (C=O) groups excluding carboxylic acids is 2. The summed E-state index contributed by atoms with van der Waals surface area (Å²) in [6, 6.07) is 3.11. The first kappa shape index (κ1) is 10.6. The summed E-state index contributed by atoms with van der Waals surface area (Å²) in [6.07, 6.45) is 0.657. The van der Waals surface area contributed by atoms with E-state index in [1.165, 1.54) is 11.3 Å². The third-order valence-corrected chi connectivity index (χ3v) is 2.80. The highest BCUT2D eigenvalue weighted by atomic mass is 32.1. The van der Waals surface area contributed by atoms with Crippen molar-refractivity contribution in [3.05, 3.63) is 34.6 Å². The van der Waals surface area contributed by atoms with Crippen LogP contribution in [0, 0.1) is 6.92 Å². The first-order chi connectivity index (χ1) is 7.69. The predicted octanol–water partition coefficient (Wildman–Crippen LogP) is 1.84. The van der Waals surface area contributed by atoms with E-state index in [-0.39, 0.29) is 5.91 Å². The van der Waals surface area contributed by atoms with Crippen molar-refractivity contribution in [1.82, 2.24) is 9.97 Å². The van der Waals surface area contributed by atoms with Crippen LogP contribution in [0.3, 0.4) is 0 Å². The summed E-state index contributed by atoms with van der Waals surface area (Å²) in [5.41, 5.74) is 1.58. The smallest absolute Gasteiger partial charge is 0.273 e. The highest BCUT2D eigenvalue weighted by molar-refractivity contribution is 7.13. The Bertz CT molecular complexity index is 530. The van der Waals surface area contributed by atoms with Gasteiger partial charge in [-0.1, -0.05) is 0 Å². The molecule has 0 aromatic carbocycles. The number of hydrogen-bond acceptors (Lipinski definition) is 4. The SMILES string of the molecule is Cc1csc(NC(=O)c2ccc(C=O)[nH]2)n1. The number of amides is 1. The molecule has 0 unspecified atom stereocenters. The van der Waals surface area contributed by atoms with Crippen LogP contribution in [-0.4, -0.2) is 22.2 Å². The number of anilines is 1. The molecule has 0 aliphatic carbocycles. The van der Waals surface area contributed by atoms with E-state index in [0.717, 1.165) is 5.69 Å². The second-order valence-electron chi connectivity index (χ2n) is 3.19. The molecule has 0 fully saturated rings. The Morgan fingerprint density at radius 3 is 2.94 bits per heavy atom. The molecular formula is C10H9N3O2S. The van der Waals surface area contributed by atoms with Crippen molar-refractivity contribution in [1.29, 1.82) is 0 Å². The van der Waals surface area contributed by atoms with Gasteiger partial charge in [-0.05, 0) is 19.1 Å². The molecule has 2 aromatic heterocycles. The lowest BCUT2D eigenvalue weighted by Gasteiger charge is -1.97. The van der Waals surface area contributed by atoms with Crippen molar-refractivity contribution in [3.8, 4) is 0 Å². The van der Waals surface area contributed by atoms with Gasteiger partial charge in [0.15, 0.2) is 11.4 Å². The molecule has 0 saturated carbocycles. The molecule has 6 heteroatoms. The monoisotopic (exact) mass is 235 g/mol. The first-order valence-electron chi connectivity index (χ1n) is 4.56. The summed E-state index contributed by atoms with van der Waals surface area (Å²) in [6.45, 7) is 1.85. The minimum Gasteiger partial charge on any atom is -0.348 e. The molecule has 2 aromatic rings. The van der Waals surface area contributed by atoms with Gasteiger partial charge in [-0.25, -0.2) is 4.98 Å². The summed E-state index contributed by atoms with van der Waals surface area (Å²) >= 11 is 1.36. The predicted molar refractivity (Wildman–Crippen MR) is 61.0 cm³/mol. The standard InChI is InChI=1S/C10H9N3O2S/c1-6-5-16-10(11-6)13-9(15)8-3-2-7(4-14)12-8/h2-5,12H,1H3,(H,11,13,15). The molecule has 2 rings (SSSR count). The van der Waals surface area contributed by atoms with E-state index in [2.05, 4.69) is 15.3 Å². The molecule has 0 aliphatic heterocycles. The zero-order valence-corrected chi connectivity index (χ0v) is 9.30. The van der Waals surface area contributed by atoms with E-state index in [1.807, 2.05) is 12.3 Å². The van der Waals surface area contributed by atoms with Crippen LogP contribution in [0.4, 0.5) is 5.13 Å². The number of aryl methyl sites for hydroxylation is 1. The second kappa shape index (κ2) is 4.28. The van der Waals surface area contributed by atoms with Gasteiger partial charge >= 0.3 is 0 Å². The Labute approximate surface area is 95.5 Å². The number of aromatic amines is 1. The lowest BCUT2D eigenvalue weighted by atomic mass is 10.4. The van der Waals surface area contributed by atoms with Crippen LogP contribution < -0.4 is 5.32 Å². The fraction of sp³-hybridized carbons (Fsp3) is 0.100. The van der Waals surface area contributed by atoms with Crippen LogP contribution >= 0.6 is 11.3 Å². The van der Waals surface area contributed by atoms with Crippen LogP contribution in [0.1, 0.15) is 26.7 Å². The molecule has 5 nitrogen and oxygen atoms in total. The Morgan fingerprint density at radius 2 is 2.38 bits per heavy atom. The van der Waals surface area contributed by atoms with Gasteiger partial charge in [-0.15, -0.1) is 11.3 Å². The second-order valence-corrected chi connectivity index (χ2v) is 4.05. The molecule has 0 saturated heterocycles. The van der Waals surface area contributed by atoms with Crippen LogP contribution in [-0.2, 0) is 0 Å². The molecular weight excluding hydrogens is 226 g/mol. The zero-order valence-electron chi connectivity index (χ0n) is 8.48. The van der Waals surface area contributed by atoms with Gasteiger partial charge in [0.25, 0.3) is 5.91 Å². The van der Waals surface area contributed by atoms with Crippen LogP contribution in [0.5, 0.6) is 0 Å². The van der Waals surface area contributed by atoms with Crippen LogP contribution in [0.15, 0.2) is 17.5 Å². The minimum atomic E-state index is -0.303. The van der Waals surface area contributed by atoms with E-state index in [0.29, 0.717) is 22.8 Å². The van der Waals surface area contributed by atoms with Crippen molar-refractivity contribution in [2.24, 2.45) is 0 Å². The lowest BCUT2D eigenvalue weighted by Crippen LogP contribution is -2.12. The molecule has 0 atom stereocenters. The van der Waals surface area contributed by atoms with Crippen molar-refractivity contribution in [2.75, 3.05) is 5.32 Å². The number of thiazole rings is 1. The molecule has 2 N–H and O–H groups in total. The summed E-state index contributed by atoms with van der Waals surface area (Å²) in [4.78, 5) is 28.9. The number of nitrogens with one attached hydrogen (secondary N) is 2. The molecule has 82 valence electrons. The topological polar surface area (TPSA) is 74.8 Å². The molecule has 0 bridgehead atoms. The molecule has 0 radical (unpaired) electrons. The maximum absolute atomic E-state index is 11.7.